The maximum atomic E-state index is 4.66. The Kier molecular flexibility index (Phi) is 3.91. The number of hydrogen-bond donors (Lipinski definition) is 0. The van der Waals surface area contributed by atoms with Crippen molar-refractivity contribution in [2.24, 2.45) is 0 Å². The van der Waals surface area contributed by atoms with Crippen molar-refractivity contribution >= 4 is 16.6 Å². The predicted octanol–water partition coefficient (Wildman–Crippen LogP) is 0.304. The van der Waals surface area contributed by atoms with Crippen LogP contribution in [0.15, 0.2) is 0 Å². The summed E-state index contributed by atoms with van der Waals surface area (Å²) < 4.78 is 9.25. The zero-order chi connectivity index (χ0) is 4.99. The van der Waals surface area contributed by atoms with E-state index in [1.54, 1.807) is 7.11 Å². The molecule has 0 bridgehead atoms. The van der Waals surface area contributed by atoms with E-state index in [9.17, 15) is 0 Å². The quantitative estimate of drug-likeness (QED) is 0.370. The first-order valence-corrected chi connectivity index (χ1v) is 2.16. The van der Waals surface area contributed by atoms with Crippen LogP contribution >= 0.6 is 0 Å². The van der Waals surface area contributed by atoms with Gasteiger partial charge in [-0.25, -0.2) is 0 Å². The van der Waals surface area contributed by atoms with E-state index < -0.39 is 0 Å². The van der Waals surface area contributed by atoms with Crippen LogP contribution in [0.25, 0.3) is 0 Å². The average molecular weight is 104 g/mol. The molecule has 0 N–H and O–H groups in total. The molecule has 0 heterocycles. The van der Waals surface area contributed by atoms with E-state index in [0.29, 0.717) is 0 Å². The Hall–Kier alpha value is 0.452. The molecular weight excluding hydrogens is 95.0 g/mol. The molecule has 0 aromatic rings. The van der Waals surface area contributed by atoms with Crippen LogP contribution in [0, 0.1) is 0 Å². The standard InChI is InChI=1S/C3H7O2.Al.2H/c1-3(4)5-2;;;/h3H,1-2H3;;;/q-1;+3;2*-1. The van der Waals surface area contributed by atoms with Gasteiger partial charge in [-0.15, -0.1) is 0 Å². The molecule has 0 saturated heterocycles. The Balaban J connectivity index is -0.000000125. The van der Waals surface area contributed by atoms with Crippen LogP contribution < -0.4 is 0 Å². The van der Waals surface area contributed by atoms with Gasteiger partial charge in [-0.05, 0) is 0 Å². The summed E-state index contributed by atoms with van der Waals surface area (Å²) in [6, 6.07) is 0. The van der Waals surface area contributed by atoms with Crippen molar-refractivity contribution in [1.82, 2.24) is 0 Å². The van der Waals surface area contributed by atoms with Crippen molar-refractivity contribution in [3.8, 4) is 0 Å². The van der Waals surface area contributed by atoms with E-state index in [2.05, 4.69) is 25.1 Å². The van der Waals surface area contributed by atoms with Gasteiger partial charge in [0.2, 0.25) is 0 Å². The molecule has 1 atom stereocenters. The Morgan fingerprint density at radius 1 is 1.83 bits per heavy atom. The number of hydrogen-bond acceptors (Lipinski definition) is 2. The van der Waals surface area contributed by atoms with Crippen molar-refractivity contribution in [2.45, 2.75) is 13.2 Å². The van der Waals surface area contributed by atoms with Crippen molar-refractivity contribution in [2.75, 3.05) is 7.11 Å². The van der Waals surface area contributed by atoms with E-state index in [0.717, 1.165) is 0 Å². The van der Waals surface area contributed by atoms with Gasteiger partial charge in [-0.2, -0.15) is 0 Å². The molecule has 0 aliphatic heterocycles. The van der Waals surface area contributed by atoms with Crippen LogP contribution in [0.5, 0.6) is 0 Å². The van der Waals surface area contributed by atoms with Gasteiger partial charge in [0.25, 0.3) is 0 Å². The molecule has 0 aliphatic rings. The van der Waals surface area contributed by atoms with Crippen molar-refractivity contribution in [3.05, 3.63) is 0 Å². The molecule has 0 rings (SSSR count). The first-order chi connectivity index (χ1) is 2.81. The molecule has 2 nitrogen and oxygen atoms in total. The molecule has 0 aromatic heterocycles. The summed E-state index contributed by atoms with van der Waals surface area (Å²) in [6.07, 6.45) is -0.102. The van der Waals surface area contributed by atoms with Crippen LogP contribution in [0.1, 0.15) is 9.78 Å². The Morgan fingerprint density at radius 2 is 2.33 bits per heavy atom. The third-order valence-electron chi connectivity index (χ3n) is 0.524. The molecule has 36 valence electrons. The van der Waals surface area contributed by atoms with E-state index in [1.165, 1.54) is 0 Å². The molecule has 1 unspecified atom stereocenters. The van der Waals surface area contributed by atoms with Crippen LogP contribution in [-0.2, 0) is 8.53 Å². The molecule has 0 aromatic carbocycles. The molecule has 6 heavy (non-hydrogen) atoms. The monoisotopic (exact) mass is 104 g/mol. The first-order valence-electron chi connectivity index (χ1n) is 1.69. The Labute approximate surface area is 49.2 Å². The van der Waals surface area contributed by atoms with Gasteiger partial charge in [-0.3, -0.25) is 0 Å². The van der Waals surface area contributed by atoms with Crippen molar-refractivity contribution in [1.29, 1.82) is 0 Å². The topological polar surface area (TPSA) is 18.5 Å². The van der Waals surface area contributed by atoms with Gasteiger partial charge >= 0.3 is 45.5 Å². The van der Waals surface area contributed by atoms with Gasteiger partial charge in [0.1, 0.15) is 0 Å². The van der Waals surface area contributed by atoms with Crippen LogP contribution in [0.4, 0.5) is 0 Å². The summed E-state index contributed by atoms with van der Waals surface area (Å²) in [4.78, 5) is 0. The summed E-state index contributed by atoms with van der Waals surface area (Å²) in [5.74, 6) is 0. The SMILES string of the molecule is COC(C)[O][Al+2].[H-].[H-]. The minimum atomic E-state index is -0.102. The van der Waals surface area contributed by atoms with Gasteiger partial charge in [0.05, 0.1) is 0 Å². The average Bonchev–Trinajstić information content (AvgIpc) is 1.65. The van der Waals surface area contributed by atoms with E-state index in [1.807, 2.05) is 6.92 Å². The second kappa shape index (κ2) is 3.64. The van der Waals surface area contributed by atoms with E-state index in [4.69, 9.17) is 0 Å². The fourth-order valence-electron chi connectivity index (χ4n) is 0.0556. The van der Waals surface area contributed by atoms with Gasteiger partial charge in [0, 0.05) is 0 Å². The van der Waals surface area contributed by atoms with Crippen molar-refractivity contribution < 1.29 is 11.4 Å². The minimum absolute atomic E-state index is 0. The molecule has 0 radical (unpaired) electrons. The second-order valence-electron chi connectivity index (χ2n) is 0.939. The second-order valence-corrected chi connectivity index (χ2v) is 1.21. The third kappa shape index (κ3) is 2.68. The molecule has 3 heteroatoms. The first kappa shape index (κ1) is 6.45. The number of methoxy groups -OCH3 is 1. The number of rotatable bonds is 2. The molecule has 0 saturated carbocycles. The maximum absolute atomic E-state index is 4.66. The molecular formula is C3H9AlO2. The zero-order valence-electron chi connectivity index (χ0n) is 5.97. The van der Waals surface area contributed by atoms with E-state index >= 15 is 0 Å². The summed E-state index contributed by atoms with van der Waals surface area (Å²) >= 11 is 2.11. The summed E-state index contributed by atoms with van der Waals surface area (Å²) in [5, 5.41) is 0. The summed E-state index contributed by atoms with van der Waals surface area (Å²) in [5.41, 5.74) is 0. The zero-order valence-corrected chi connectivity index (χ0v) is 5.13. The fourth-order valence-corrected chi connectivity index (χ4v) is 0.167. The van der Waals surface area contributed by atoms with Crippen LogP contribution in [0.2, 0.25) is 0 Å². The molecule has 0 aliphatic carbocycles. The fraction of sp³-hybridized carbons (Fsp3) is 1.00. The minimum Gasteiger partial charge on any atom is -1.00 e. The largest absolute Gasteiger partial charge is 1.00 e. The third-order valence-corrected chi connectivity index (χ3v) is 0.907. The number of ether oxygens (including phenoxy) is 1. The maximum Gasteiger partial charge on any atom is -1.00 e. The smallest absolute Gasteiger partial charge is 1.00 e. The van der Waals surface area contributed by atoms with Crippen LogP contribution in [-0.4, -0.2) is 30.0 Å². The van der Waals surface area contributed by atoms with Crippen molar-refractivity contribution in [3.63, 3.8) is 0 Å². The normalized spacial score (nSPS) is 14.7. The summed E-state index contributed by atoms with van der Waals surface area (Å²) in [7, 11) is 1.59. The molecule has 0 fully saturated rings. The predicted molar refractivity (Wildman–Crippen MR) is 25.5 cm³/mol. The van der Waals surface area contributed by atoms with Crippen LogP contribution in [0.3, 0.4) is 0 Å². The summed E-state index contributed by atoms with van der Waals surface area (Å²) in [6.45, 7) is 1.81. The molecule has 0 amide bonds. The van der Waals surface area contributed by atoms with Gasteiger partial charge < -0.3 is 2.85 Å². The molecule has 0 spiro atoms. The van der Waals surface area contributed by atoms with Gasteiger partial charge in [-0.1, -0.05) is 0 Å². The van der Waals surface area contributed by atoms with Gasteiger partial charge in [0.15, 0.2) is 0 Å². The Morgan fingerprint density at radius 3 is 2.33 bits per heavy atom. The van der Waals surface area contributed by atoms with E-state index in [-0.39, 0.29) is 9.14 Å². The Bertz CT molecular complexity index is 34.5.